The first-order valence-electron chi connectivity index (χ1n) is 5.38. The Hall–Kier alpha value is -1.36. The summed E-state index contributed by atoms with van der Waals surface area (Å²) in [6.45, 7) is 1.14. The van der Waals surface area contributed by atoms with Gasteiger partial charge in [0.1, 0.15) is 0 Å². The second kappa shape index (κ2) is 5.82. The van der Waals surface area contributed by atoms with Crippen molar-refractivity contribution in [1.29, 1.82) is 0 Å². The standard InChI is InChI=1S/C12H14ClN3O/c13-10-3-1-9(2-4-10)12(17)8-14-7-11-5-6-15-16-11/h1-6,12,14,17H,7-8H2,(H,15,16). The summed E-state index contributed by atoms with van der Waals surface area (Å²) in [5, 5.41) is 20.4. The summed E-state index contributed by atoms with van der Waals surface area (Å²) in [5.41, 5.74) is 1.85. The van der Waals surface area contributed by atoms with E-state index in [1.807, 2.05) is 18.2 Å². The van der Waals surface area contributed by atoms with Crippen molar-refractivity contribution >= 4 is 11.6 Å². The van der Waals surface area contributed by atoms with Crippen LogP contribution in [0, 0.1) is 0 Å². The molecule has 0 aliphatic carbocycles. The van der Waals surface area contributed by atoms with Gasteiger partial charge < -0.3 is 10.4 Å². The molecule has 1 heterocycles. The molecule has 2 rings (SSSR count). The van der Waals surface area contributed by atoms with E-state index < -0.39 is 6.10 Å². The first-order chi connectivity index (χ1) is 8.25. The number of benzene rings is 1. The zero-order valence-corrected chi connectivity index (χ0v) is 9.98. The second-order valence-electron chi connectivity index (χ2n) is 3.78. The molecule has 1 unspecified atom stereocenters. The normalized spacial score (nSPS) is 12.6. The van der Waals surface area contributed by atoms with Crippen LogP contribution in [0.25, 0.3) is 0 Å². The van der Waals surface area contributed by atoms with Crippen molar-refractivity contribution in [2.45, 2.75) is 12.6 Å². The van der Waals surface area contributed by atoms with Crippen molar-refractivity contribution in [2.75, 3.05) is 6.54 Å². The molecule has 2 aromatic rings. The van der Waals surface area contributed by atoms with Crippen LogP contribution < -0.4 is 5.32 Å². The Kier molecular flexibility index (Phi) is 4.14. The van der Waals surface area contributed by atoms with Crippen molar-refractivity contribution in [3.8, 4) is 0 Å². The molecule has 17 heavy (non-hydrogen) atoms. The number of nitrogens with zero attached hydrogens (tertiary/aromatic N) is 1. The highest BCUT2D eigenvalue weighted by molar-refractivity contribution is 6.30. The molecule has 0 amide bonds. The van der Waals surface area contributed by atoms with E-state index in [1.165, 1.54) is 0 Å². The highest BCUT2D eigenvalue weighted by Gasteiger charge is 2.06. The lowest BCUT2D eigenvalue weighted by molar-refractivity contribution is 0.174. The number of nitrogens with one attached hydrogen (secondary N) is 2. The molecule has 0 saturated carbocycles. The van der Waals surface area contributed by atoms with E-state index in [0.717, 1.165) is 11.3 Å². The molecule has 1 atom stereocenters. The monoisotopic (exact) mass is 251 g/mol. The Bertz CT molecular complexity index is 441. The summed E-state index contributed by atoms with van der Waals surface area (Å²) in [4.78, 5) is 0. The van der Waals surface area contributed by atoms with Crippen LogP contribution in [-0.2, 0) is 6.54 Å². The van der Waals surface area contributed by atoms with Gasteiger partial charge in [0.15, 0.2) is 0 Å². The molecule has 0 aliphatic heterocycles. The minimum atomic E-state index is -0.532. The van der Waals surface area contributed by atoms with Crippen molar-refractivity contribution in [3.63, 3.8) is 0 Å². The quantitative estimate of drug-likeness (QED) is 0.761. The minimum Gasteiger partial charge on any atom is -0.387 e. The molecule has 0 radical (unpaired) electrons. The van der Waals surface area contributed by atoms with E-state index in [1.54, 1.807) is 18.3 Å². The van der Waals surface area contributed by atoms with Gasteiger partial charge in [-0.25, -0.2) is 0 Å². The predicted octanol–water partition coefficient (Wildman–Crippen LogP) is 1.89. The first-order valence-corrected chi connectivity index (χ1v) is 5.76. The van der Waals surface area contributed by atoms with Crippen molar-refractivity contribution in [2.24, 2.45) is 0 Å². The van der Waals surface area contributed by atoms with E-state index in [4.69, 9.17) is 11.6 Å². The molecular weight excluding hydrogens is 238 g/mol. The molecule has 4 nitrogen and oxygen atoms in total. The third-order valence-corrected chi connectivity index (χ3v) is 2.72. The number of hydrogen-bond acceptors (Lipinski definition) is 3. The fourth-order valence-corrected chi connectivity index (χ4v) is 1.66. The van der Waals surface area contributed by atoms with E-state index in [9.17, 15) is 5.11 Å². The largest absolute Gasteiger partial charge is 0.387 e. The molecule has 1 aromatic carbocycles. The van der Waals surface area contributed by atoms with E-state index >= 15 is 0 Å². The molecule has 5 heteroatoms. The molecule has 90 valence electrons. The van der Waals surface area contributed by atoms with E-state index in [0.29, 0.717) is 18.1 Å². The number of aromatic amines is 1. The minimum absolute atomic E-state index is 0.487. The van der Waals surface area contributed by atoms with Gasteiger partial charge in [0, 0.05) is 30.0 Å². The highest BCUT2D eigenvalue weighted by atomic mass is 35.5. The second-order valence-corrected chi connectivity index (χ2v) is 4.22. The van der Waals surface area contributed by atoms with Gasteiger partial charge in [0.2, 0.25) is 0 Å². The van der Waals surface area contributed by atoms with Crippen LogP contribution in [0.4, 0.5) is 0 Å². The summed E-state index contributed by atoms with van der Waals surface area (Å²) in [6.07, 6.45) is 1.17. The molecule has 0 aliphatic rings. The van der Waals surface area contributed by atoms with Crippen LogP contribution in [-0.4, -0.2) is 21.8 Å². The molecule has 0 fully saturated rings. The average Bonchev–Trinajstić information content (AvgIpc) is 2.83. The fourth-order valence-electron chi connectivity index (χ4n) is 1.53. The maximum Gasteiger partial charge on any atom is 0.0914 e. The molecule has 3 N–H and O–H groups in total. The van der Waals surface area contributed by atoms with Crippen LogP contribution in [0.3, 0.4) is 0 Å². The van der Waals surface area contributed by atoms with Gasteiger partial charge >= 0.3 is 0 Å². The van der Waals surface area contributed by atoms with Crippen molar-refractivity contribution in [1.82, 2.24) is 15.5 Å². The summed E-state index contributed by atoms with van der Waals surface area (Å²) in [5.74, 6) is 0. The molecule has 0 spiro atoms. The van der Waals surface area contributed by atoms with Crippen molar-refractivity contribution in [3.05, 3.63) is 52.8 Å². The van der Waals surface area contributed by atoms with Crippen LogP contribution in [0.2, 0.25) is 5.02 Å². The van der Waals surface area contributed by atoms with Crippen LogP contribution in [0.1, 0.15) is 17.4 Å². The first kappa shape index (κ1) is 12.1. The Morgan fingerprint density at radius 1 is 1.29 bits per heavy atom. The maximum absolute atomic E-state index is 9.91. The summed E-state index contributed by atoms with van der Waals surface area (Å²) in [6, 6.07) is 9.08. The summed E-state index contributed by atoms with van der Waals surface area (Å²) in [7, 11) is 0. The van der Waals surface area contributed by atoms with Crippen LogP contribution in [0.5, 0.6) is 0 Å². The molecule has 0 saturated heterocycles. The fraction of sp³-hybridized carbons (Fsp3) is 0.250. The number of halogens is 1. The van der Waals surface area contributed by atoms with Gasteiger partial charge in [0.05, 0.1) is 6.10 Å². The molecule has 1 aromatic heterocycles. The number of aliphatic hydroxyl groups excluding tert-OH is 1. The smallest absolute Gasteiger partial charge is 0.0914 e. The van der Waals surface area contributed by atoms with Gasteiger partial charge in [-0.1, -0.05) is 23.7 Å². The third kappa shape index (κ3) is 3.56. The van der Waals surface area contributed by atoms with Gasteiger partial charge in [-0.05, 0) is 23.8 Å². The Labute approximate surface area is 105 Å². The molecular formula is C12H14ClN3O. The topological polar surface area (TPSA) is 60.9 Å². The lowest BCUT2D eigenvalue weighted by Gasteiger charge is -2.11. The SMILES string of the molecule is OC(CNCc1ccn[nH]1)c1ccc(Cl)cc1. The number of rotatable bonds is 5. The van der Waals surface area contributed by atoms with E-state index in [-0.39, 0.29) is 0 Å². The zero-order valence-electron chi connectivity index (χ0n) is 9.23. The van der Waals surface area contributed by atoms with Gasteiger partial charge in [0.25, 0.3) is 0 Å². The van der Waals surface area contributed by atoms with Crippen LogP contribution in [0.15, 0.2) is 36.5 Å². The number of aromatic nitrogens is 2. The zero-order chi connectivity index (χ0) is 12.1. The average molecular weight is 252 g/mol. The predicted molar refractivity (Wildman–Crippen MR) is 66.7 cm³/mol. The Balaban J connectivity index is 1.81. The van der Waals surface area contributed by atoms with Crippen LogP contribution >= 0.6 is 11.6 Å². The lowest BCUT2D eigenvalue weighted by Crippen LogP contribution is -2.21. The number of H-pyrrole nitrogens is 1. The number of hydrogen-bond donors (Lipinski definition) is 3. The summed E-state index contributed by atoms with van der Waals surface area (Å²) >= 11 is 5.78. The van der Waals surface area contributed by atoms with Gasteiger partial charge in [-0.15, -0.1) is 0 Å². The summed E-state index contributed by atoms with van der Waals surface area (Å²) < 4.78 is 0. The number of aliphatic hydroxyl groups is 1. The Morgan fingerprint density at radius 3 is 2.71 bits per heavy atom. The highest BCUT2D eigenvalue weighted by Crippen LogP contribution is 2.15. The van der Waals surface area contributed by atoms with Gasteiger partial charge in [-0.3, -0.25) is 5.10 Å². The van der Waals surface area contributed by atoms with Crippen molar-refractivity contribution < 1.29 is 5.11 Å². The maximum atomic E-state index is 9.91. The lowest BCUT2D eigenvalue weighted by atomic mass is 10.1. The van der Waals surface area contributed by atoms with E-state index in [2.05, 4.69) is 15.5 Å². The Morgan fingerprint density at radius 2 is 2.06 bits per heavy atom. The van der Waals surface area contributed by atoms with Gasteiger partial charge in [-0.2, -0.15) is 5.10 Å². The third-order valence-electron chi connectivity index (χ3n) is 2.47. The molecule has 0 bridgehead atoms.